The fourth-order valence-corrected chi connectivity index (χ4v) is 8.19. The molecule has 4 aliphatic rings. The van der Waals surface area contributed by atoms with Gasteiger partial charge in [-0.1, -0.05) is 51.9 Å². The van der Waals surface area contributed by atoms with Crippen LogP contribution in [-0.4, -0.2) is 19.5 Å². The second kappa shape index (κ2) is 15.2. The van der Waals surface area contributed by atoms with E-state index in [1.165, 1.54) is 89.5 Å². The summed E-state index contributed by atoms with van der Waals surface area (Å²) >= 11 is 0. The first kappa shape index (κ1) is 28.5. The van der Waals surface area contributed by atoms with Gasteiger partial charge < -0.3 is 9.47 Å². The summed E-state index contributed by atoms with van der Waals surface area (Å²) in [6.07, 6.45) is 24.2. The molecule has 4 heteroatoms. The fourth-order valence-electron chi connectivity index (χ4n) is 8.19. The zero-order valence-corrected chi connectivity index (χ0v) is 23.1. The minimum Gasteiger partial charge on any atom is -0.353 e. The van der Waals surface area contributed by atoms with Crippen molar-refractivity contribution in [3.8, 4) is 0 Å². The van der Waals surface area contributed by atoms with Crippen LogP contribution in [0.4, 0.5) is 8.78 Å². The van der Waals surface area contributed by atoms with E-state index in [4.69, 9.17) is 9.47 Å². The third-order valence-corrected chi connectivity index (χ3v) is 10.6. The van der Waals surface area contributed by atoms with Crippen LogP contribution in [0.3, 0.4) is 0 Å². The average Bonchev–Trinajstić information content (AvgIpc) is 2.91. The second-order valence-electron chi connectivity index (χ2n) is 12.9. The molecule has 1 heterocycles. The van der Waals surface area contributed by atoms with E-state index in [9.17, 15) is 8.78 Å². The predicted octanol–water partition coefficient (Wildman–Crippen LogP) is 9.93. The Bertz CT molecular complexity index is 616. The Hall–Kier alpha value is -0.480. The molecule has 0 aromatic rings. The lowest BCUT2D eigenvalue weighted by atomic mass is 9.69. The molecule has 4 rings (SSSR count). The van der Waals surface area contributed by atoms with Crippen molar-refractivity contribution in [2.24, 2.45) is 41.4 Å². The van der Waals surface area contributed by atoms with Crippen molar-refractivity contribution in [3.63, 3.8) is 0 Å². The lowest BCUT2D eigenvalue weighted by Gasteiger charge is -2.38. The van der Waals surface area contributed by atoms with Gasteiger partial charge in [0.05, 0.1) is 6.61 Å². The molecule has 0 aromatic carbocycles. The van der Waals surface area contributed by atoms with E-state index in [1.807, 2.05) is 0 Å². The maximum Gasteiger partial charge on any atom is 0.266 e. The Morgan fingerprint density at radius 2 is 1.22 bits per heavy atom. The van der Waals surface area contributed by atoms with Gasteiger partial charge in [-0.25, -0.2) is 0 Å². The summed E-state index contributed by atoms with van der Waals surface area (Å²) < 4.78 is 37.4. The van der Waals surface area contributed by atoms with Crippen molar-refractivity contribution in [2.75, 3.05) is 13.2 Å². The highest BCUT2D eigenvalue weighted by Crippen LogP contribution is 2.43. The first-order valence-corrected chi connectivity index (χ1v) is 15.9. The summed E-state index contributed by atoms with van der Waals surface area (Å²) in [6, 6.07) is 0. The monoisotopic (exact) mass is 508 g/mol. The van der Waals surface area contributed by atoms with Gasteiger partial charge in [-0.2, -0.15) is 8.78 Å². The Morgan fingerprint density at radius 1 is 0.694 bits per heavy atom. The van der Waals surface area contributed by atoms with Gasteiger partial charge in [0.25, 0.3) is 6.08 Å². The van der Waals surface area contributed by atoms with Crippen molar-refractivity contribution < 1.29 is 18.3 Å². The first-order chi connectivity index (χ1) is 17.6. The molecule has 2 atom stereocenters. The van der Waals surface area contributed by atoms with Crippen LogP contribution in [0.2, 0.25) is 0 Å². The molecule has 3 aliphatic carbocycles. The molecule has 3 saturated carbocycles. The normalized spacial score (nSPS) is 38.0. The minimum absolute atomic E-state index is 0.0359. The number of unbranched alkanes of at least 4 members (excludes halogenated alkanes) is 1. The van der Waals surface area contributed by atoms with E-state index >= 15 is 0 Å². The van der Waals surface area contributed by atoms with Crippen LogP contribution in [0.1, 0.15) is 129 Å². The van der Waals surface area contributed by atoms with Gasteiger partial charge in [0.1, 0.15) is 0 Å². The van der Waals surface area contributed by atoms with Crippen LogP contribution in [0.25, 0.3) is 0 Å². The number of halogens is 2. The summed E-state index contributed by atoms with van der Waals surface area (Å²) in [6.45, 7) is 4.07. The Balaban J connectivity index is 1.01. The third-order valence-electron chi connectivity index (χ3n) is 10.6. The third kappa shape index (κ3) is 9.07. The maximum atomic E-state index is 12.5. The Labute approximate surface area is 220 Å². The van der Waals surface area contributed by atoms with Crippen molar-refractivity contribution in [3.05, 3.63) is 12.2 Å². The SMILES string of the molecule is CCCCC1CCC(C2CCC(OCCCC3CCC(C4CCC(C=C(F)F)CC4)CC3)OC2)CC1. The summed E-state index contributed by atoms with van der Waals surface area (Å²) in [5.41, 5.74) is 0. The molecule has 1 aliphatic heterocycles. The minimum atomic E-state index is -1.49. The highest BCUT2D eigenvalue weighted by Gasteiger charge is 2.32. The summed E-state index contributed by atoms with van der Waals surface area (Å²) in [7, 11) is 0. The molecule has 1 saturated heterocycles. The number of rotatable bonds is 11. The van der Waals surface area contributed by atoms with Crippen LogP contribution in [0.5, 0.6) is 0 Å². The number of ether oxygens (including phenoxy) is 2. The molecular formula is C32H54F2O2. The lowest BCUT2D eigenvalue weighted by molar-refractivity contribution is -0.182. The Morgan fingerprint density at radius 3 is 1.75 bits per heavy atom. The van der Waals surface area contributed by atoms with Crippen LogP contribution >= 0.6 is 0 Å². The molecule has 4 fully saturated rings. The maximum absolute atomic E-state index is 12.5. The van der Waals surface area contributed by atoms with E-state index in [0.717, 1.165) is 87.2 Å². The lowest BCUT2D eigenvalue weighted by Crippen LogP contribution is -2.33. The highest BCUT2D eigenvalue weighted by molar-refractivity contribution is 4.92. The van der Waals surface area contributed by atoms with Gasteiger partial charge in [0.15, 0.2) is 6.29 Å². The van der Waals surface area contributed by atoms with Gasteiger partial charge in [0.2, 0.25) is 0 Å². The molecule has 0 N–H and O–H groups in total. The van der Waals surface area contributed by atoms with E-state index in [2.05, 4.69) is 6.92 Å². The van der Waals surface area contributed by atoms with Crippen molar-refractivity contribution in [2.45, 2.75) is 135 Å². The second-order valence-corrected chi connectivity index (χ2v) is 12.9. The topological polar surface area (TPSA) is 18.5 Å². The molecule has 208 valence electrons. The average molecular weight is 509 g/mol. The quantitative estimate of drug-likeness (QED) is 0.259. The van der Waals surface area contributed by atoms with E-state index in [1.54, 1.807) is 0 Å². The van der Waals surface area contributed by atoms with Crippen molar-refractivity contribution >= 4 is 0 Å². The molecule has 2 unspecified atom stereocenters. The van der Waals surface area contributed by atoms with Crippen molar-refractivity contribution in [1.29, 1.82) is 0 Å². The molecule has 0 spiro atoms. The molecule has 0 aromatic heterocycles. The van der Waals surface area contributed by atoms with E-state index < -0.39 is 6.08 Å². The van der Waals surface area contributed by atoms with Crippen molar-refractivity contribution in [1.82, 2.24) is 0 Å². The van der Waals surface area contributed by atoms with E-state index in [0.29, 0.717) is 0 Å². The predicted molar refractivity (Wildman–Crippen MR) is 144 cm³/mol. The highest BCUT2D eigenvalue weighted by atomic mass is 19.3. The van der Waals surface area contributed by atoms with Gasteiger partial charge in [-0.15, -0.1) is 0 Å². The van der Waals surface area contributed by atoms with Gasteiger partial charge in [0, 0.05) is 6.61 Å². The molecule has 0 amide bonds. The van der Waals surface area contributed by atoms with Crippen LogP contribution in [0, 0.1) is 41.4 Å². The van der Waals surface area contributed by atoms with E-state index in [-0.39, 0.29) is 12.2 Å². The molecular weight excluding hydrogens is 454 g/mol. The number of hydrogen-bond donors (Lipinski definition) is 0. The summed E-state index contributed by atoms with van der Waals surface area (Å²) in [4.78, 5) is 0. The molecule has 2 nitrogen and oxygen atoms in total. The largest absolute Gasteiger partial charge is 0.353 e. The Kier molecular flexibility index (Phi) is 12.0. The summed E-state index contributed by atoms with van der Waals surface area (Å²) in [5, 5.41) is 0. The van der Waals surface area contributed by atoms with Gasteiger partial charge >= 0.3 is 0 Å². The van der Waals surface area contributed by atoms with Crippen LogP contribution in [-0.2, 0) is 9.47 Å². The van der Waals surface area contributed by atoms with Crippen LogP contribution in [0.15, 0.2) is 12.2 Å². The molecule has 0 radical (unpaired) electrons. The molecule has 36 heavy (non-hydrogen) atoms. The zero-order valence-electron chi connectivity index (χ0n) is 23.1. The smallest absolute Gasteiger partial charge is 0.266 e. The number of hydrogen-bond acceptors (Lipinski definition) is 2. The molecule has 0 bridgehead atoms. The van der Waals surface area contributed by atoms with Gasteiger partial charge in [-0.3, -0.25) is 0 Å². The number of allylic oxidation sites excluding steroid dienone is 1. The zero-order chi connectivity index (χ0) is 25.2. The standard InChI is InChI=1S/C32H54F2O2/c1-2-3-5-24-9-15-29(16-10-24)30-19-20-32(36-23-30)35-21-4-6-25-7-13-27(14-8-25)28-17-11-26(12-18-28)22-31(33)34/h22,24-30,32H,2-21,23H2,1H3. The van der Waals surface area contributed by atoms with Crippen LogP contribution < -0.4 is 0 Å². The van der Waals surface area contributed by atoms with Gasteiger partial charge in [-0.05, 0) is 125 Å². The fraction of sp³-hybridized carbons (Fsp3) is 0.938. The summed E-state index contributed by atoms with van der Waals surface area (Å²) in [5.74, 6) is 5.26. The first-order valence-electron chi connectivity index (χ1n) is 15.9.